The predicted octanol–water partition coefficient (Wildman–Crippen LogP) is 2.60. The summed E-state index contributed by atoms with van der Waals surface area (Å²) >= 11 is 5.57. The fourth-order valence-corrected chi connectivity index (χ4v) is 1.54. The molecule has 0 heterocycles. The van der Waals surface area contributed by atoms with E-state index in [1.165, 1.54) is 11.1 Å². The van der Waals surface area contributed by atoms with Crippen LogP contribution in [0.15, 0.2) is 12.1 Å². The minimum Gasteiger partial charge on any atom is -0.496 e. The van der Waals surface area contributed by atoms with Crippen LogP contribution >= 0.6 is 11.6 Å². The van der Waals surface area contributed by atoms with Crippen LogP contribution in [-0.4, -0.2) is 13.1 Å². The highest BCUT2D eigenvalue weighted by atomic mass is 35.5. The molecule has 0 aliphatic carbocycles. The number of rotatable bonds is 4. The summed E-state index contributed by atoms with van der Waals surface area (Å²) in [5, 5.41) is 3.09. The minimum atomic E-state index is 0.477. The molecule has 1 N–H and O–H groups in total. The quantitative estimate of drug-likeness (QED) is 0.613. The third-order valence-corrected chi connectivity index (χ3v) is 2.45. The number of aryl methyl sites for hydroxylation is 2. The second kappa shape index (κ2) is 5.23. The molecule has 78 valence electrons. The van der Waals surface area contributed by atoms with E-state index in [0.29, 0.717) is 6.00 Å². The van der Waals surface area contributed by atoms with Gasteiger partial charge >= 0.3 is 0 Å². The molecule has 1 rings (SSSR count). The lowest BCUT2D eigenvalue weighted by atomic mass is 10.0. The zero-order chi connectivity index (χ0) is 10.6. The van der Waals surface area contributed by atoms with Crippen molar-refractivity contribution >= 4 is 11.6 Å². The zero-order valence-electron chi connectivity index (χ0n) is 8.86. The summed E-state index contributed by atoms with van der Waals surface area (Å²) in [4.78, 5) is 0. The molecule has 0 bridgehead atoms. The average Bonchev–Trinajstić information content (AvgIpc) is 2.18. The first-order valence-corrected chi connectivity index (χ1v) is 5.13. The Balaban J connectivity index is 2.90. The van der Waals surface area contributed by atoms with Gasteiger partial charge in [0.1, 0.15) is 5.75 Å². The summed E-state index contributed by atoms with van der Waals surface area (Å²) in [6.07, 6.45) is 0. The van der Waals surface area contributed by atoms with Crippen LogP contribution in [0, 0.1) is 13.8 Å². The number of alkyl halides is 1. The number of hydrogen-bond donors (Lipinski definition) is 1. The standard InChI is InChI=1S/C11H16ClNO/c1-8-5-11(14-3)9(2)4-10(8)6-13-7-12/h4-5,13H,6-7H2,1-3H3. The van der Waals surface area contributed by atoms with E-state index in [4.69, 9.17) is 16.3 Å². The maximum absolute atomic E-state index is 5.57. The first kappa shape index (κ1) is 11.3. The lowest BCUT2D eigenvalue weighted by molar-refractivity contribution is 0.411. The third-order valence-electron chi connectivity index (χ3n) is 2.26. The molecular formula is C11H16ClNO. The van der Waals surface area contributed by atoms with Gasteiger partial charge in [0.25, 0.3) is 0 Å². The number of ether oxygens (including phenoxy) is 1. The van der Waals surface area contributed by atoms with Crippen molar-refractivity contribution in [2.24, 2.45) is 0 Å². The Kier molecular flexibility index (Phi) is 4.23. The molecule has 0 aliphatic heterocycles. The Morgan fingerprint density at radius 2 is 2.00 bits per heavy atom. The van der Waals surface area contributed by atoms with E-state index in [0.717, 1.165) is 17.9 Å². The third kappa shape index (κ3) is 2.63. The van der Waals surface area contributed by atoms with Crippen LogP contribution in [0.5, 0.6) is 5.75 Å². The highest BCUT2D eigenvalue weighted by molar-refractivity contribution is 6.17. The van der Waals surface area contributed by atoms with Crippen LogP contribution in [0.2, 0.25) is 0 Å². The Bertz CT molecular complexity index is 312. The van der Waals surface area contributed by atoms with Crippen molar-refractivity contribution in [3.63, 3.8) is 0 Å². The molecule has 1 aromatic rings. The van der Waals surface area contributed by atoms with E-state index in [9.17, 15) is 0 Å². The fraction of sp³-hybridized carbons (Fsp3) is 0.455. The van der Waals surface area contributed by atoms with E-state index < -0.39 is 0 Å². The van der Waals surface area contributed by atoms with Gasteiger partial charge in [-0.15, -0.1) is 11.6 Å². The fourth-order valence-electron chi connectivity index (χ4n) is 1.44. The van der Waals surface area contributed by atoms with Crippen molar-refractivity contribution in [1.29, 1.82) is 0 Å². The molecule has 3 heteroatoms. The average molecular weight is 214 g/mol. The maximum Gasteiger partial charge on any atom is 0.122 e. The van der Waals surface area contributed by atoms with E-state index in [2.05, 4.69) is 24.4 Å². The molecule has 0 spiro atoms. The summed E-state index contributed by atoms with van der Waals surface area (Å²) in [5.74, 6) is 0.942. The van der Waals surface area contributed by atoms with E-state index >= 15 is 0 Å². The van der Waals surface area contributed by atoms with Gasteiger partial charge in [0, 0.05) is 6.54 Å². The molecule has 0 amide bonds. The van der Waals surface area contributed by atoms with Crippen LogP contribution in [-0.2, 0) is 6.54 Å². The molecular weight excluding hydrogens is 198 g/mol. The van der Waals surface area contributed by atoms with Gasteiger partial charge in [0.15, 0.2) is 0 Å². The molecule has 0 aromatic heterocycles. The Labute approximate surface area is 90.2 Å². The van der Waals surface area contributed by atoms with Gasteiger partial charge < -0.3 is 4.74 Å². The second-order valence-corrected chi connectivity index (χ2v) is 3.58. The summed E-state index contributed by atoms with van der Waals surface area (Å²) in [6, 6.07) is 4.67. The highest BCUT2D eigenvalue weighted by Crippen LogP contribution is 2.22. The normalized spacial score (nSPS) is 10.3. The van der Waals surface area contributed by atoms with Gasteiger partial charge in [-0.25, -0.2) is 0 Å². The van der Waals surface area contributed by atoms with Crippen LogP contribution < -0.4 is 10.1 Å². The SMILES string of the molecule is COc1cc(C)c(CNCCl)cc1C. The molecule has 0 unspecified atom stereocenters. The van der Waals surface area contributed by atoms with Crippen LogP contribution in [0.4, 0.5) is 0 Å². The van der Waals surface area contributed by atoms with Gasteiger partial charge in [-0.1, -0.05) is 6.07 Å². The molecule has 0 saturated carbocycles. The molecule has 0 radical (unpaired) electrons. The minimum absolute atomic E-state index is 0.477. The number of methoxy groups -OCH3 is 1. The van der Waals surface area contributed by atoms with Crippen molar-refractivity contribution in [2.75, 3.05) is 13.1 Å². The predicted molar refractivity (Wildman–Crippen MR) is 60.0 cm³/mol. The van der Waals surface area contributed by atoms with Crippen molar-refractivity contribution in [1.82, 2.24) is 5.32 Å². The summed E-state index contributed by atoms with van der Waals surface area (Å²) in [7, 11) is 1.69. The van der Waals surface area contributed by atoms with Crippen LogP contribution in [0.25, 0.3) is 0 Å². The maximum atomic E-state index is 5.57. The molecule has 0 atom stereocenters. The Hall–Kier alpha value is -0.730. The van der Waals surface area contributed by atoms with Gasteiger partial charge in [-0.05, 0) is 36.6 Å². The molecule has 0 fully saturated rings. The number of hydrogen-bond acceptors (Lipinski definition) is 2. The number of halogens is 1. The summed E-state index contributed by atoms with van der Waals surface area (Å²) < 4.78 is 5.24. The van der Waals surface area contributed by atoms with Crippen molar-refractivity contribution in [2.45, 2.75) is 20.4 Å². The van der Waals surface area contributed by atoms with Gasteiger partial charge in [-0.2, -0.15) is 0 Å². The molecule has 0 aliphatic rings. The number of benzene rings is 1. The first-order chi connectivity index (χ1) is 6.69. The first-order valence-electron chi connectivity index (χ1n) is 4.59. The molecule has 14 heavy (non-hydrogen) atoms. The van der Waals surface area contributed by atoms with E-state index in [-0.39, 0.29) is 0 Å². The highest BCUT2D eigenvalue weighted by Gasteiger charge is 2.03. The Morgan fingerprint density at radius 3 is 2.57 bits per heavy atom. The van der Waals surface area contributed by atoms with Gasteiger partial charge in [0.2, 0.25) is 0 Å². The second-order valence-electron chi connectivity index (χ2n) is 3.31. The smallest absolute Gasteiger partial charge is 0.122 e. The van der Waals surface area contributed by atoms with E-state index in [1.54, 1.807) is 7.11 Å². The summed E-state index contributed by atoms with van der Waals surface area (Å²) in [6.45, 7) is 4.93. The summed E-state index contributed by atoms with van der Waals surface area (Å²) in [5.41, 5.74) is 3.65. The van der Waals surface area contributed by atoms with Gasteiger partial charge in [0.05, 0.1) is 13.1 Å². The topological polar surface area (TPSA) is 21.3 Å². The largest absolute Gasteiger partial charge is 0.496 e. The lowest BCUT2D eigenvalue weighted by Crippen LogP contribution is -2.11. The van der Waals surface area contributed by atoms with Crippen molar-refractivity contribution in [3.8, 4) is 5.75 Å². The lowest BCUT2D eigenvalue weighted by Gasteiger charge is -2.11. The van der Waals surface area contributed by atoms with Crippen LogP contribution in [0.1, 0.15) is 16.7 Å². The number of nitrogens with one attached hydrogen (secondary N) is 1. The molecule has 2 nitrogen and oxygen atoms in total. The monoisotopic (exact) mass is 213 g/mol. The molecule has 0 saturated heterocycles. The van der Waals surface area contributed by atoms with Crippen molar-refractivity contribution < 1.29 is 4.74 Å². The van der Waals surface area contributed by atoms with Gasteiger partial charge in [-0.3, -0.25) is 5.32 Å². The Morgan fingerprint density at radius 1 is 1.29 bits per heavy atom. The van der Waals surface area contributed by atoms with E-state index in [1.807, 2.05) is 6.92 Å². The zero-order valence-corrected chi connectivity index (χ0v) is 9.61. The van der Waals surface area contributed by atoms with Crippen molar-refractivity contribution in [3.05, 3.63) is 28.8 Å². The molecule has 1 aromatic carbocycles. The van der Waals surface area contributed by atoms with Crippen LogP contribution in [0.3, 0.4) is 0 Å².